The molecule has 1 aromatic carbocycles. The highest BCUT2D eigenvalue weighted by Crippen LogP contribution is 2.35. The summed E-state index contributed by atoms with van der Waals surface area (Å²) in [4.78, 5) is 29.2. The fraction of sp³-hybridized carbons (Fsp3) is 0.462. The van der Waals surface area contributed by atoms with Crippen molar-refractivity contribution < 1.29 is 19.1 Å². The van der Waals surface area contributed by atoms with Crippen molar-refractivity contribution in [2.75, 3.05) is 20.8 Å². The Labute approximate surface area is 203 Å². The van der Waals surface area contributed by atoms with E-state index in [-0.39, 0.29) is 17.9 Å². The van der Waals surface area contributed by atoms with Gasteiger partial charge < -0.3 is 24.3 Å². The van der Waals surface area contributed by atoms with Crippen molar-refractivity contribution in [1.29, 1.82) is 0 Å². The second-order valence-corrected chi connectivity index (χ2v) is 10.4. The molecule has 1 unspecified atom stereocenters. The molecule has 0 spiro atoms. The third kappa shape index (κ3) is 3.83. The fourth-order valence-electron chi connectivity index (χ4n) is 5.31. The molecule has 3 heterocycles. The van der Waals surface area contributed by atoms with Crippen LogP contribution in [0, 0.1) is 0 Å². The van der Waals surface area contributed by atoms with Crippen LogP contribution in [0.4, 0.5) is 0 Å². The summed E-state index contributed by atoms with van der Waals surface area (Å²) in [5, 5.41) is 5.29. The Kier molecular flexibility index (Phi) is 6.02. The maximum atomic E-state index is 13.8. The van der Waals surface area contributed by atoms with E-state index in [9.17, 15) is 9.59 Å². The van der Waals surface area contributed by atoms with E-state index in [1.807, 2.05) is 47.2 Å². The lowest BCUT2D eigenvalue weighted by molar-refractivity contribution is -0.133. The Morgan fingerprint density at radius 3 is 2.65 bits per heavy atom. The first kappa shape index (κ1) is 22.8. The number of nitrogens with one attached hydrogen (secondary N) is 1. The molecule has 1 N–H and O–H groups in total. The summed E-state index contributed by atoms with van der Waals surface area (Å²) in [6.07, 6.45) is 4.89. The summed E-state index contributed by atoms with van der Waals surface area (Å²) in [5.74, 6) is 1.15. The summed E-state index contributed by atoms with van der Waals surface area (Å²) in [5.41, 5.74) is 1.72. The number of amides is 2. The number of ether oxygens (including phenoxy) is 2. The van der Waals surface area contributed by atoms with Crippen molar-refractivity contribution in [3.8, 4) is 11.5 Å². The molecule has 180 valence electrons. The molecule has 5 rings (SSSR count). The molecule has 3 aromatic rings. The molecule has 0 bridgehead atoms. The molecule has 1 fully saturated rings. The third-order valence-corrected chi connectivity index (χ3v) is 8.15. The molecule has 2 aromatic heterocycles. The largest absolute Gasteiger partial charge is 0.493 e. The Hall–Kier alpha value is -3.00. The first-order chi connectivity index (χ1) is 16.4. The zero-order valence-electron chi connectivity index (χ0n) is 19.9. The molecule has 8 heteroatoms. The third-order valence-electron chi connectivity index (χ3n) is 7.30. The van der Waals surface area contributed by atoms with Crippen LogP contribution in [-0.4, -0.2) is 53.6 Å². The van der Waals surface area contributed by atoms with Crippen LogP contribution < -0.4 is 14.8 Å². The number of rotatable bonds is 7. The van der Waals surface area contributed by atoms with Gasteiger partial charge in [-0.3, -0.25) is 9.59 Å². The normalized spacial score (nSPS) is 20.6. The highest BCUT2D eigenvalue weighted by Gasteiger charge is 2.48. The minimum Gasteiger partial charge on any atom is -0.493 e. The molecule has 1 aliphatic carbocycles. The van der Waals surface area contributed by atoms with E-state index >= 15 is 0 Å². The van der Waals surface area contributed by atoms with Crippen LogP contribution in [0.5, 0.6) is 11.5 Å². The molecule has 1 atom stereocenters. The summed E-state index contributed by atoms with van der Waals surface area (Å²) < 4.78 is 13.9. The molecule has 1 aliphatic heterocycles. The second-order valence-electron chi connectivity index (χ2n) is 9.41. The quantitative estimate of drug-likeness (QED) is 0.548. The fourth-order valence-corrected chi connectivity index (χ4v) is 6.13. The second kappa shape index (κ2) is 8.98. The molecule has 2 amide bonds. The van der Waals surface area contributed by atoms with Crippen LogP contribution in [0.2, 0.25) is 0 Å². The van der Waals surface area contributed by atoms with Gasteiger partial charge in [0.15, 0.2) is 11.5 Å². The molecule has 7 nitrogen and oxygen atoms in total. The molecule has 0 saturated heterocycles. The predicted octanol–water partition coefficient (Wildman–Crippen LogP) is 4.24. The number of methoxy groups -OCH3 is 2. The lowest BCUT2D eigenvalue weighted by atomic mass is 9.93. The average molecular weight is 482 g/mol. The standard InChI is InChI=1S/C26H31N3O4S/c1-26(25(31)27-18-6-4-5-7-18)16-28-19-11-13-34-23(19)15-20(28)24(30)29(26)12-10-17-8-9-21(32-2)22(14-17)33-3/h8-9,11,13-15,18H,4-7,10,12,16H2,1-3H3,(H,27,31). The lowest BCUT2D eigenvalue weighted by Gasteiger charge is -2.44. The maximum absolute atomic E-state index is 13.8. The molecular formula is C26H31N3O4S. The van der Waals surface area contributed by atoms with Gasteiger partial charge in [-0.2, -0.15) is 0 Å². The number of thiophene rings is 1. The number of nitrogens with zero attached hydrogens (tertiary/aromatic N) is 2. The van der Waals surface area contributed by atoms with E-state index in [4.69, 9.17) is 9.47 Å². The number of fused-ring (bicyclic) bond motifs is 3. The van der Waals surface area contributed by atoms with Gasteiger partial charge in [0.25, 0.3) is 5.91 Å². The van der Waals surface area contributed by atoms with Gasteiger partial charge >= 0.3 is 0 Å². The SMILES string of the molecule is COc1ccc(CCN2C(=O)c3cc4sccc4n3CC2(C)C(=O)NC2CCCC2)cc1OC. The average Bonchev–Trinajstić information content (AvgIpc) is 3.58. The topological polar surface area (TPSA) is 72.8 Å². The lowest BCUT2D eigenvalue weighted by Crippen LogP contribution is -2.65. The van der Waals surface area contributed by atoms with Crippen LogP contribution in [0.25, 0.3) is 10.2 Å². The maximum Gasteiger partial charge on any atom is 0.271 e. The minimum absolute atomic E-state index is 0.0669. The monoisotopic (exact) mass is 481 g/mol. The van der Waals surface area contributed by atoms with Crippen molar-refractivity contribution in [2.45, 2.75) is 57.2 Å². The van der Waals surface area contributed by atoms with Gasteiger partial charge in [-0.1, -0.05) is 18.9 Å². The summed E-state index contributed by atoms with van der Waals surface area (Å²) in [7, 11) is 3.22. The van der Waals surface area contributed by atoms with Crippen LogP contribution in [0.15, 0.2) is 35.7 Å². The Bertz CT molecular complexity index is 1230. The van der Waals surface area contributed by atoms with E-state index in [0.29, 0.717) is 36.7 Å². The first-order valence-corrected chi connectivity index (χ1v) is 12.7. The smallest absolute Gasteiger partial charge is 0.271 e. The van der Waals surface area contributed by atoms with Gasteiger partial charge in [-0.15, -0.1) is 11.3 Å². The number of aromatic nitrogens is 1. The first-order valence-electron chi connectivity index (χ1n) is 11.8. The summed E-state index contributed by atoms with van der Waals surface area (Å²) in [6.45, 7) is 2.78. The number of carbonyl (C=O) groups excluding carboxylic acids is 2. The highest BCUT2D eigenvalue weighted by molar-refractivity contribution is 7.17. The van der Waals surface area contributed by atoms with Crippen LogP contribution in [-0.2, 0) is 17.8 Å². The minimum atomic E-state index is -0.975. The zero-order chi connectivity index (χ0) is 23.9. The Morgan fingerprint density at radius 2 is 1.91 bits per heavy atom. The molecule has 0 radical (unpaired) electrons. The van der Waals surface area contributed by atoms with Crippen LogP contribution in [0.1, 0.15) is 48.7 Å². The van der Waals surface area contributed by atoms with E-state index in [2.05, 4.69) is 5.32 Å². The van der Waals surface area contributed by atoms with Gasteiger partial charge in [-0.25, -0.2) is 0 Å². The van der Waals surface area contributed by atoms with Crippen LogP contribution >= 0.6 is 11.3 Å². The molecule has 1 saturated carbocycles. The van der Waals surface area contributed by atoms with Crippen molar-refractivity contribution in [1.82, 2.24) is 14.8 Å². The zero-order valence-corrected chi connectivity index (χ0v) is 20.7. The van der Waals surface area contributed by atoms with Crippen molar-refractivity contribution in [2.24, 2.45) is 0 Å². The summed E-state index contributed by atoms with van der Waals surface area (Å²) >= 11 is 1.62. The van der Waals surface area contributed by atoms with Crippen molar-refractivity contribution >= 4 is 33.4 Å². The predicted molar refractivity (Wildman–Crippen MR) is 133 cm³/mol. The van der Waals surface area contributed by atoms with Gasteiger partial charge in [0.05, 0.1) is 31.0 Å². The van der Waals surface area contributed by atoms with E-state index in [1.54, 1.807) is 30.5 Å². The van der Waals surface area contributed by atoms with Crippen molar-refractivity contribution in [3.63, 3.8) is 0 Å². The number of hydrogen-bond acceptors (Lipinski definition) is 5. The Balaban J connectivity index is 1.46. The van der Waals surface area contributed by atoms with Gasteiger partial charge in [0, 0.05) is 12.6 Å². The van der Waals surface area contributed by atoms with Gasteiger partial charge in [0.1, 0.15) is 11.2 Å². The molecule has 34 heavy (non-hydrogen) atoms. The number of benzene rings is 1. The Morgan fingerprint density at radius 1 is 1.15 bits per heavy atom. The van der Waals surface area contributed by atoms with Gasteiger partial charge in [0.2, 0.25) is 5.91 Å². The van der Waals surface area contributed by atoms with Gasteiger partial charge in [-0.05, 0) is 61.4 Å². The van der Waals surface area contributed by atoms with E-state index < -0.39 is 5.54 Å². The molecular weight excluding hydrogens is 450 g/mol. The highest BCUT2D eigenvalue weighted by atomic mass is 32.1. The van der Waals surface area contributed by atoms with Crippen LogP contribution in [0.3, 0.4) is 0 Å². The van der Waals surface area contributed by atoms with E-state index in [1.165, 1.54) is 0 Å². The van der Waals surface area contributed by atoms with Crippen molar-refractivity contribution in [3.05, 3.63) is 47.0 Å². The number of carbonyl (C=O) groups is 2. The van der Waals surface area contributed by atoms with E-state index in [0.717, 1.165) is 41.5 Å². The summed E-state index contributed by atoms with van der Waals surface area (Å²) in [6, 6.07) is 9.97. The molecule has 2 aliphatic rings. The number of hydrogen-bond donors (Lipinski definition) is 1.